The number of fused-ring (bicyclic) bond motifs is 1. The third-order valence-corrected chi connectivity index (χ3v) is 6.66. The number of likely N-dealkylation sites (N-methyl/N-ethyl adjacent to an activating group) is 1. The van der Waals surface area contributed by atoms with Gasteiger partial charge in [-0.15, -0.1) is 0 Å². The van der Waals surface area contributed by atoms with E-state index in [1.807, 2.05) is 4.90 Å². The summed E-state index contributed by atoms with van der Waals surface area (Å²) in [6, 6.07) is 10.6. The van der Waals surface area contributed by atoms with Crippen molar-refractivity contribution in [3.63, 3.8) is 0 Å². The number of rotatable bonds is 5. The first-order valence-electron chi connectivity index (χ1n) is 10.4. The number of hydrogen-bond acceptors (Lipinski definition) is 7. The van der Waals surface area contributed by atoms with Crippen LogP contribution >= 0.6 is 0 Å². The smallest absolute Gasteiger partial charge is 0.339 e. The van der Waals surface area contributed by atoms with Gasteiger partial charge in [-0.1, -0.05) is 13.0 Å². The van der Waals surface area contributed by atoms with Crippen molar-refractivity contribution in [2.45, 2.75) is 18.2 Å². The molecule has 0 atom stereocenters. The van der Waals surface area contributed by atoms with Gasteiger partial charge in [0.05, 0.1) is 0 Å². The molecule has 0 spiro atoms. The van der Waals surface area contributed by atoms with Gasteiger partial charge in [0.25, 0.3) is 5.91 Å². The van der Waals surface area contributed by atoms with E-state index < -0.39 is 10.1 Å². The summed E-state index contributed by atoms with van der Waals surface area (Å²) in [4.78, 5) is 17.0. The van der Waals surface area contributed by atoms with Crippen LogP contribution in [0.1, 0.15) is 23.7 Å². The van der Waals surface area contributed by atoms with Gasteiger partial charge < -0.3 is 23.5 Å². The van der Waals surface area contributed by atoms with Crippen LogP contribution in [0, 0.1) is 0 Å². The molecule has 1 saturated heterocycles. The van der Waals surface area contributed by atoms with Gasteiger partial charge in [-0.2, -0.15) is 8.42 Å². The molecule has 2 aromatic carbocycles. The minimum absolute atomic E-state index is 0.0411. The summed E-state index contributed by atoms with van der Waals surface area (Å²) in [5, 5.41) is 0. The number of carbonyl (C=O) groups is 1. The maximum atomic E-state index is 13.0. The van der Waals surface area contributed by atoms with E-state index in [-0.39, 0.29) is 16.6 Å². The van der Waals surface area contributed by atoms with Crippen LogP contribution in [0.4, 0.5) is 0 Å². The molecule has 0 unspecified atom stereocenters. The highest BCUT2D eigenvalue weighted by Crippen LogP contribution is 2.33. The van der Waals surface area contributed by atoms with Crippen molar-refractivity contribution in [3.05, 3.63) is 48.0 Å². The van der Waals surface area contributed by atoms with Gasteiger partial charge in [-0.25, -0.2) is 0 Å². The third kappa shape index (κ3) is 4.94. The van der Waals surface area contributed by atoms with Crippen LogP contribution < -0.4 is 13.7 Å². The lowest BCUT2D eigenvalue weighted by molar-refractivity contribution is 0.0761. The summed E-state index contributed by atoms with van der Waals surface area (Å²) >= 11 is 0. The van der Waals surface area contributed by atoms with Gasteiger partial charge in [0.1, 0.15) is 23.9 Å². The van der Waals surface area contributed by atoms with Crippen molar-refractivity contribution in [3.8, 4) is 17.2 Å². The summed E-state index contributed by atoms with van der Waals surface area (Å²) in [6.45, 7) is 6.97. The summed E-state index contributed by atoms with van der Waals surface area (Å²) in [7, 11) is -4.10. The fraction of sp³-hybridized carbons (Fsp3) is 0.409. The molecule has 0 bridgehead atoms. The molecule has 0 radical (unpaired) electrons. The van der Waals surface area contributed by atoms with Crippen LogP contribution in [0.25, 0.3) is 0 Å². The maximum absolute atomic E-state index is 13.0. The van der Waals surface area contributed by atoms with Crippen molar-refractivity contribution >= 4 is 16.0 Å². The van der Waals surface area contributed by atoms with Gasteiger partial charge in [0.2, 0.25) is 0 Å². The summed E-state index contributed by atoms with van der Waals surface area (Å²) < 4.78 is 41.7. The second kappa shape index (κ2) is 9.15. The number of hydrogen-bond donors (Lipinski definition) is 0. The van der Waals surface area contributed by atoms with Crippen molar-refractivity contribution in [2.75, 3.05) is 45.9 Å². The lowest BCUT2D eigenvalue weighted by Gasteiger charge is -2.21. The van der Waals surface area contributed by atoms with E-state index in [0.29, 0.717) is 43.4 Å². The molecule has 1 amide bonds. The number of carbonyl (C=O) groups excluding carboxylic acids is 1. The van der Waals surface area contributed by atoms with Gasteiger partial charge in [-0.3, -0.25) is 4.79 Å². The summed E-state index contributed by atoms with van der Waals surface area (Å²) in [6.07, 6.45) is 0.911. The Morgan fingerprint density at radius 2 is 1.81 bits per heavy atom. The number of ether oxygens (including phenoxy) is 2. The van der Waals surface area contributed by atoms with Crippen molar-refractivity contribution in [2.24, 2.45) is 0 Å². The van der Waals surface area contributed by atoms with E-state index in [0.717, 1.165) is 26.1 Å². The van der Waals surface area contributed by atoms with Gasteiger partial charge in [-0.05, 0) is 49.8 Å². The average molecular weight is 447 g/mol. The molecule has 8 nitrogen and oxygen atoms in total. The van der Waals surface area contributed by atoms with E-state index >= 15 is 0 Å². The highest BCUT2D eigenvalue weighted by molar-refractivity contribution is 7.87. The largest absolute Gasteiger partial charge is 0.486 e. The fourth-order valence-electron chi connectivity index (χ4n) is 3.71. The molecule has 166 valence electrons. The minimum Gasteiger partial charge on any atom is -0.486 e. The fourth-order valence-corrected chi connectivity index (χ4v) is 4.65. The Kier molecular flexibility index (Phi) is 6.33. The quantitative estimate of drug-likeness (QED) is 0.652. The first-order valence-corrected chi connectivity index (χ1v) is 11.8. The minimum atomic E-state index is -4.10. The van der Waals surface area contributed by atoms with E-state index in [1.54, 1.807) is 18.2 Å². The van der Waals surface area contributed by atoms with Gasteiger partial charge >= 0.3 is 10.1 Å². The lowest BCUT2D eigenvalue weighted by Crippen LogP contribution is -2.35. The number of benzene rings is 2. The lowest BCUT2D eigenvalue weighted by atomic mass is 10.2. The topological polar surface area (TPSA) is 85.4 Å². The zero-order valence-electron chi connectivity index (χ0n) is 17.5. The molecule has 0 aliphatic carbocycles. The molecule has 0 saturated carbocycles. The van der Waals surface area contributed by atoms with Crippen LogP contribution in [-0.2, 0) is 10.1 Å². The third-order valence-electron chi connectivity index (χ3n) is 5.41. The van der Waals surface area contributed by atoms with Gasteiger partial charge in [0, 0.05) is 31.3 Å². The maximum Gasteiger partial charge on any atom is 0.339 e. The van der Waals surface area contributed by atoms with Gasteiger partial charge in [0.15, 0.2) is 11.5 Å². The van der Waals surface area contributed by atoms with Crippen LogP contribution in [0.15, 0.2) is 47.4 Å². The van der Waals surface area contributed by atoms with E-state index in [2.05, 4.69) is 11.8 Å². The highest BCUT2D eigenvalue weighted by Gasteiger charge is 2.23. The standard InChI is InChI=1S/C22H26N2O6S/c1-2-23-9-4-10-24(12-11-23)22(25)17-5-3-6-18(15-17)30-31(26,27)19-7-8-20-21(16-19)29-14-13-28-20/h3,5-8,15-16H,2,4,9-14H2,1H3. The average Bonchev–Trinajstić information content (AvgIpc) is 3.04. The summed E-state index contributed by atoms with van der Waals surface area (Å²) in [5.41, 5.74) is 0.403. The molecular formula is C22H26N2O6S. The molecule has 31 heavy (non-hydrogen) atoms. The normalized spacial score (nSPS) is 17.1. The second-order valence-electron chi connectivity index (χ2n) is 7.45. The Morgan fingerprint density at radius 1 is 1.00 bits per heavy atom. The molecule has 0 aromatic heterocycles. The molecule has 2 heterocycles. The Hall–Kier alpha value is -2.78. The molecule has 2 aliphatic rings. The van der Waals surface area contributed by atoms with E-state index in [4.69, 9.17) is 13.7 Å². The predicted octanol–water partition coefficient (Wildman–Crippen LogP) is 2.39. The predicted molar refractivity (Wildman–Crippen MR) is 114 cm³/mol. The molecular weight excluding hydrogens is 420 g/mol. The Bertz CT molecular complexity index is 1060. The summed E-state index contributed by atoms with van der Waals surface area (Å²) in [5.74, 6) is 0.824. The molecule has 4 rings (SSSR count). The SMILES string of the molecule is CCN1CCCN(C(=O)c2cccc(OS(=O)(=O)c3ccc4c(c3)OCCO4)c2)CC1. The first kappa shape index (κ1) is 21.5. The molecule has 0 N–H and O–H groups in total. The van der Waals surface area contributed by atoms with Crippen molar-refractivity contribution in [1.82, 2.24) is 9.80 Å². The van der Waals surface area contributed by atoms with Crippen LogP contribution in [0.2, 0.25) is 0 Å². The van der Waals surface area contributed by atoms with E-state index in [9.17, 15) is 13.2 Å². The van der Waals surface area contributed by atoms with Crippen molar-refractivity contribution < 1.29 is 26.9 Å². The molecule has 9 heteroatoms. The molecule has 2 aromatic rings. The highest BCUT2D eigenvalue weighted by atomic mass is 32.2. The Morgan fingerprint density at radius 3 is 2.61 bits per heavy atom. The first-order chi connectivity index (χ1) is 15.0. The zero-order valence-corrected chi connectivity index (χ0v) is 18.3. The van der Waals surface area contributed by atoms with Crippen LogP contribution in [0.3, 0.4) is 0 Å². The van der Waals surface area contributed by atoms with Crippen molar-refractivity contribution in [1.29, 1.82) is 0 Å². The van der Waals surface area contributed by atoms with Crippen LogP contribution in [-0.4, -0.2) is 70.1 Å². The number of nitrogens with zero attached hydrogens (tertiary/aromatic N) is 2. The Labute approximate surface area is 182 Å². The second-order valence-corrected chi connectivity index (χ2v) is 9.00. The van der Waals surface area contributed by atoms with Crippen LogP contribution in [0.5, 0.6) is 17.2 Å². The van der Waals surface area contributed by atoms with E-state index in [1.165, 1.54) is 24.3 Å². The Balaban J connectivity index is 1.50. The molecule has 1 fully saturated rings. The zero-order chi connectivity index (χ0) is 21.8. The molecule has 2 aliphatic heterocycles. The number of amides is 1. The monoisotopic (exact) mass is 446 g/mol.